The smallest absolute Gasteiger partial charge is 0.249 e. The molecule has 1 heterocycles. The van der Waals surface area contributed by atoms with Crippen LogP contribution in [0.1, 0.15) is 15.9 Å². The number of ether oxygens (including phenoxy) is 1. The SMILES string of the molecule is NC(=O)c1cc(OCc2ccccc2)ccc1-c1cncc(F)c1. The molecule has 3 rings (SSSR count). The number of benzene rings is 2. The molecule has 2 N–H and O–H groups in total. The summed E-state index contributed by atoms with van der Waals surface area (Å²) in [4.78, 5) is 15.6. The molecule has 0 fully saturated rings. The molecule has 0 atom stereocenters. The minimum atomic E-state index is -0.612. The fourth-order valence-electron chi connectivity index (χ4n) is 2.37. The third-order valence-electron chi connectivity index (χ3n) is 3.52. The first-order valence-electron chi connectivity index (χ1n) is 7.35. The molecule has 3 aromatic rings. The summed E-state index contributed by atoms with van der Waals surface area (Å²) < 4.78 is 19.1. The maximum Gasteiger partial charge on any atom is 0.249 e. The number of rotatable bonds is 5. The van der Waals surface area contributed by atoms with Crippen LogP contribution in [0.3, 0.4) is 0 Å². The van der Waals surface area contributed by atoms with Crippen molar-refractivity contribution in [2.45, 2.75) is 6.61 Å². The third kappa shape index (κ3) is 3.57. The Morgan fingerprint density at radius 1 is 1.08 bits per heavy atom. The van der Waals surface area contributed by atoms with Gasteiger partial charge in [0.1, 0.15) is 18.2 Å². The summed E-state index contributed by atoms with van der Waals surface area (Å²) in [6.07, 6.45) is 2.58. The molecule has 0 saturated carbocycles. The van der Waals surface area contributed by atoms with Gasteiger partial charge in [-0.1, -0.05) is 30.3 Å². The largest absolute Gasteiger partial charge is 0.489 e. The summed E-state index contributed by atoms with van der Waals surface area (Å²) >= 11 is 0. The molecule has 1 aromatic heterocycles. The molecule has 0 unspecified atom stereocenters. The highest BCUT2D eigenvalue weighted by Gasteiger charge is 2.13. The van der Waals surface area contributed by atoms with Crippen molar-refractivity contribution in [1.82, 2.24) is 4.98 Å². The summed E-state index contributed by atoms with van der Waals surface area (Å²) in [7, 11) is 0. The number of amides is 1. The van der Waals surface area contributed by atoms with Gasteiger partial charge < -0.3 is 10.5 Å². The van der Waals surface area contributed by atoms with Gasteiger partial charge in [-0.3, -0.25) is 9.78 Å². The lowest BCUT2D eigenvalue weighted by Gasteiger charge is -2.11. The van der Waals surface area contributed by atoms with Crippen molar-refractivity contribution in [2.24, 2.45) is 5.73 Å². The fourth-order valence-corrected chi connectivity index (χ4v) is 2.37. The molecule has 0 spiro atoms. The topological polar surface area (TPSA) is 65.2 Å². The molecule has 0 aliphatic rings. The average molecular weight is 322 g/mol. The molecular formula is C19H15FN2O2. The van der Waals surface area contributed by atoms with Gasteiger partial charge in [0.15, 0.2) is 0 Å². The number of pyridine rings is 1. The van der Waals surface area contributed by atoms with Crippen molar-refractivity contribution in [3.8, 4) is 16.9 Å². The summed E-state index contributed by atoms with van der Waals surface area (Å²) in [5.74, 6) is -0.576. The third-order valence-corrected chi connectivity index (χ3v) is 3.52. The molecule has 0 radical (unpaired) electrons. The van der Waals surface area contributed by atoms with Gasteiger partial charge in [-0.15, -0.1) is 0 Å². The van der Waals surface area contributed by atoms with Gasteiger partial charge in [0.25, 0.3) is 0 Å². The molecule has 1 amide bonds. The van der Waals surface area contributed by atoms with Crippen molar-refractivity contribution >= 4 is 5.91 Å². The van der Waals surface area contributed by atoms with Crippen LogP contribution in [0.2, 0.25) is 0 Å². The van der Waals surface area contributed by atoms with Crippen LogP contribution in [-0.2, 0) is 6.61 Å². The van der Waals surface area contributed by atoms with Gasteiger partial charge in [-0.25, -0.2) is 4.39 Å². The second-order valence-corrected chi connectivity index (χ2v) is 5.24. The van der Waals surface area contributed by atoms with E-state index in [0.29, 0.717) is 23.5 Å². The van der Waals surface area contributed by atoms with Crippen molar-refractivity contribution in [3.63, 3.8) is 0 Å². The first-order chi connectivity index (χ1) is 11.6. The molecule has 0 bridgehead atoms. The van der Waals surface area contributed by atoms with Crippen molar-refractivity contribution < 1.29 is 13.9 Å². The van der Waals surface area contributed by atoms with E-state index in [-0.39, 0.29) is 5.56 Å². The van der Waals surface area contributed by atoms with Crippen LogP contribution in [0.15, 0.2) is 67.0 Å². The summed E-state index contributed by atoms with van der Waals surface area (Å²) in [6.45, 7) is 0.375. The minimum absolute atomic E-state index is 0.257. The summed E-state index contributed by atoms with van der Waals surface area (Å²) in [5.41, 5.74) is 7.73. The molecular weight excluding hydrogens is 307 g/mol. The van der Waals surface area contributed by atoms with Gasteiger partial charge in [-0.2, -0.15) is 0 Å². The average Bonchev–Trinajstić information content (AvgIpc) is 2.60. The van der Waals surface area contributed by atoms with E-state index in [1.807, 2.05) is 30.3 Å². The first-order valence-corrected chi connectivity index (χ1v) is 7.35. The molecule has 0 aliphatic heterocycles. The number of aromatic nitrogens is 1. The molecule has 2 aromatic carbocycles. The predicted molar refractivity (Wildman–Crippen MR) is 88.9 cm³/mol. The number of carbonyl (C=O) groups excluding carboxylic acids is 1. The lowest BCUT2D eigenvalue weighted by molar-refractivity contribution is 0.100. The molecule has 0 aliphatic carbocycles. The van der Waals surface area contributed by atoms with Gasteiger partial charge in [0.05, 0.1) is 11.8 Å². The summed E-state index contributed by atoms with van der Waals surface area (Å²) in [6, 6.07) is 15.9. The highest BCUT2D eigenvalue weighted by molar-refractivity contribution is 6.00. The number of carbonyl (C=O) groups is 1. The van der Waals surface area contributed by atoms with Gasteiger partial charge >= 0.3 is 0 Å². The molecule has 4 nitrogen and oxygen atoms in total. The van der Waals surface area contributed by atoms with E-state index in [1.165, 1.54) is 12.3 Å². The lowest BCUT2D eigenvalue weighted by atomic mass is 10.0. The van der Waals surface area contributed by atoms with E-state index < -0.39 is 11.7 Å². The number of primary amides is 1. The van der Waals surface area contributed by atoms with Crippen LogP contribution in [0, 0.1) is 5.82 Å². The van der Waals surface area contributed by atoms with Crippen molar-refractivity contribution in [2.75, 3.05) is 0 Å². The number of halogens is 1. The van der Waals surface area contributed by atoms with Crippen LogP contribution in [0.4, 0.5) is 4.39 Å². The van der Waals surface area contributed by atoms with Crippen LogP contribution < -0.4 is 10.5 Å². The Kier molecular flexibility index (Phi) is 4.52. The maximum atomic E-state index is 13.4. The van der Waals surface area contributed by atoms with E-state index in [0.717, 1.165) is 11.8 Å². The monoisotopic (exact) mass is 322 g/mol. The van der Waals surface area contributed by atoms with Crippen molar-refractivity contribution in [1.29, 1.82) is 0 Å². The van der Waals surface area contributed by atoms with Crippen LogP contribution in [0.5, 0.6) is 5.75 Å². The second kappa shape index (κ2) is 6.91. The second-order valence-electron chi connectivity index (χ2n) is 5.24. The van der Waals surface area contributed by atoms with Crippen molar-refractivity contribution in [3.05, 3.63) is 83.9 Å². The summed E-state index contributed by atoms with van der Waals surface area (Å²) in [5, 5.41) is 0. The number of hydrogen-bond donors (Lipinski definition) is 1. The molecule has 24 heavy (non-hydrogen) atoms. The lowest BCUT2D eigenvalue weighted by Crippen LogP contribution is -2.13. The minimum Gasteiger partial charge on any atom is -0.489 e. The number of nitrogens with two attached hydrogens (primary N) is 1. The zero-order chi connectivity index (χ0) is 16.9. The molecule has 120 valence electrons. The van der Waals surface area contributed by atoms with E-state index in [4.69, 9.17) is 10.5 Å². The first kappa shape index (κ1) is 15.7. The zero-order valence-corrected chi connectivity index (χ0v) is 12.8. The van der Waals surface area contributed by atoms with Gasteiger partial charge in [0, 0.05) is 11.8 Å². The van der Waals surface area contributed by atoms with Gasteiger partial charge in [-0.05, 0) is 35.4 Å². The Hall–Kier alpha value is -3.21. The van der Waals surface area contributed by atoms with Crippen LogP contribution >= 0.6 is 0 Å². The van der Waals surface area contributed by atoms with Crippen LogP contribution in [0.25, 0.3) is 11.1 Å². The van der Waals surface area contributed by atoms with Gasteiger partial charge in [0.2, 0.25) is 5.91 Å². The molecule has 5 heteroatoms. The Morgan fingerprint density at radius 2 is 1.88 bits per heavy atom. The van der Waals surface area contributed by atoms with Crippen LogP contribution in [-0.4, -0.2) is 10.9 Å². The predicted octanol–water partition coefficient (Wildman–Crippen LogP) is 3.57. The van der Waals surface area contributed by atoms with E-state index >= 15 is 0 Å². The zero-order valence-electron chi connectivity index (χ0n) is 12.8. The standard InChI is InChI=1S/C19H15FN2O2/c20-15-8-14(10-22-11-15)17-7-6-16(9-18(17)19(21)23)24-12-13-4-2-1-3-5-13/h1-11H,12H2,(H2,21,23). The molecule has 0 saturated heterocycles. The fraction of sp³-hybridized carbons (Fsp3) is 0.0526. The highest BCUT2D eigenvalue weighted by atomic mass is 19.1. The normalized spacial score (nSPS) is 10.4. The Morgan fingerprint density at radius 3 is 2.58 bits per heavy atom. The number of nitrogens with zero attached hydrogens (tertiary/aromatic N) is 1. The van der Waals surface area contributed by atoms with E-state index in [9.17, 15) is 9.18 Å². The quantitative estimate of drug-likeness (QED) is 0.781. The number of hydrogen-bond acceptors (Lipinski definition) is 3. The Labute approximate surface area is 138 Å². The van der Waals surface area contributed by atoms with E-state index in [2.05, 4.69) is 4.98 Å². The Balaban J connectivity index is 1.89. The highest BCUT2D eigenvalue weighted by Crippen LogP contribution is 2.27. The maximum absolute atomic E-state index is 13.4. The van der Waals surface area contributed by atoms with E-state index in [1.54, 1.807) is 18.2 Å². The Bertz CT molecular complexity index is 866.